The quantitative estimate of drug-likeness (QED) is 0.0651. The first-order chi connectivity index (χ1) is 66.5. The summed E-state index contributed by atoms with van der Waals surface area (Å²) < 4.78 is 82.5. The van der Waals surface area contributed by atoms with Crippen LogP contribution in [0.1, 0.15) is 22.3 Å². The molecule has 140 heavy (non-hydrogen) atoms. The number of nitrogens with zero attached hydrogens (tertiary/aromatic N) is 8. The molecule has 24 rings (SSSR count). The van der Waals surface area contributed by atoms with Crippen molar-refractivity contribution in [2.75, 3.05) is 0 Å². The Morgan fingerprint density at radius 2 is 0.507 bits per heavy atom. The van der Waals surface area contributed by atoms with Crippen molar-refractivity contribution in [1.82, 2.24) is 39.9 Å². The van der Waals surface area contributed by atoms with Gasteiger partial charge in [0.25, 0.3) is 0 Å². The second-order valence-electron chi connectivity index (χ2n) is 32.6. The Morgan fingerprint density at radius 3 is 0.807 bits per heavy atom. The number of ether oxygens (including phenoxy) is 4. The van der Waals surface area contributed by atoms with Crippen LogP contribution in [-0.2, 0) is 103 Å². The van der Waals surface area contributed by atoms with E-state index in [-0.39, 0.29) is 84.3 Å². The molecule has 24 heteroatoms. The van der Waals surface area contributed by atoms with E-state index < -0.39 is 28.6 Å². The third-order valence-electron chi connectivity index (χ3n) is 23.7. The minimum absolute atomic E-state index is 0. The summed E-state index contributed by atoms with van der Waals surface area (Å²) in [6, 6.07) is 135. The van der Waals surface area contributed by atoms with Crippen LogP contribution in [0.3, 0.4) is 0 Å². The van der Waals surface area contributed by atoms with Gasteiger partial charge in [-0.25, -0.2) is 64.4 Å². The van der Waals surface area contributed by atoms with Gasteiger partial charge < -0.3 is 37.2 Å². The molecule has 4 aliphatic rings. The van der Waals surface area contributed by atoms with Gasteiger partial charge in [-0.15, -0.1) is 72.8 Å². The van der Waals surface area contributed by atoms with E-state index in [1.807, 2.05) is 343 Å². The third kappa shape index (κ3) is 19.1. The summed E-state index contributed by atoms with van der Waals surface area (Å²) in [5, 5.41) is 6.01. The second-order valence-corrected chi connectivity index (χ2v) is 42.9. The van der Waals surface area contributed by atoms with E-state index in [0.29, 0.717) is 89.5 Å². The molecule has 0 bridgehead atoms. The van der Waals surface area contributed by atoms with Gasteiger partial charge in [0, 0.05) is 118 Å². The molecule has 16 nitrogen and oxygen atoms in total. The van der Waals surface area contributed by atoms with Crippen LogP contribution in [0.5, 0.6) is 46.5 Å². The average Bonchev–Trinajstić information content (AvgIpc) is 1.62. The Kier molecular flexibility index (Phi) is 29.8. The Morgan fingerprint density at radius 1 is 0.214 bits per heavy atom. The summed E-state index contributed by atoms with van der Waals surface area (Å²) in [6.45, 7) is 7.91. The van der Waals surface area contributed by atoms with Gasteiger partial charge in [0.2, 0.25) is 23.5 Å². The summed E-state index contributed by atoms with van der Waals surface area (Å²) in [7, 11) is -12.7. The molecule has 0 saturated heterocycles. The van der Waals surface area contributed by atoms with E-state index in [2.05, 4.69) is 88.4 Å². The molecule has 0 radical (unpaired) electrons. The normalized spacial score (nSPS) is 15.6. The summed E-state index contributed by atoms with van der Waals surface area (Å²) in [5.41, 5.74) is 20.4. The molecule has 8 aromatic heterocycles. The smallest absolute Gasteiger partial charge is 0.460 e. The Labute approximate surface area is 869 Å². The predicted molar refractivity (Wildman–Crippen MR) is 539 cm³/mol. The molecule has 4 aliphatic heterocycles. The maximum absolute atomic E-state index is 14.8. The van der Waals surface area contributed by atoms with Crippen molar-refractivity contribution in [2.45, 2.75) is 27.7 Å². The number of aromatic nitrogens is 8. The van der Waals surface area contributed by atoms with Crippen LogP contribution in [0, 0.1) is 76.2 Å². The Bertz CT molecular complexity index is 8010. The van der Waals surface area contributed by atoms with E-state index in [0.717, 1.165) is 132 Å². The van der Waals surface area contributed by atoms with E-state index in [1.165, 1.54) is 0 Å². The fraction of sp³-hybridized carbons (Fsp3) is 0.0345. The predicted octanol–water partition coefficient (Wildman–Crippen LogP) is 21.8. The number of hydrogen-bond donors (Lipinski definition) is 0. The maximum atomic E-state index is 14.8. The SMILES string of the molecule is Cc1ccc(P2(=O)c3[c-]c(-c4[c-]c(Oc5ccccn5)ccc4)ccc3-c3ccccc32)nc1.Cc1cccnc1P1(=O)c2[c-]c(-c3[c-]c(Oc4ccccn4)ccc3)ccc2-c2ccccc21.Cc1ccnc(P2(=O)c3[c-]c(-c4[c-]c(Oc5ccccn5)ccc4)ccc3-c3ccccc32)c1.Cc1ccnc(P2(=O)c3[c-]c(-c4[c-]c(Oc5ccccn5)ccc4)ccc3-c3ccccc32)c1.[Pt+2].[Pt+2].[Pt+2].[Pt+2]. The van der Waals surface area contributed by atoms with E-state index >= 15 is 0 Å². The first-order valence-electron chi connectivity index (χ1n) is 43.8. The third-order valence-corrected chi connectivity index (χ3v) is 35.6. The fourth-order valence-electron chi connectivity index (χ4n) is 17.3. The van der Waals surface area contributed by atoms with Crippen molar-refractivity contribution in [3.05, 3.63) is 460 Å². The van der Waals surface area contributed by atoms with Gasteiger partial charge in [0.05, 0.1) is 0 Å². The van der Waals surface area contributed by atoms with Crippen LogP contribution < -0.4 is 83.1 Å². The summed E-state index contributed by atoms with van der Waals surface area (Å²) >= 11 is 0. The molecule has 12 aromatic carbocycles. The number of pyridine rings is 8. The molecule has 0 spiro atoms. The number of aryl methyl sites for hydroxylation is 4. The van der Waals surface area contributed by atoms with Crippen molar-refractivity contribution in [3.8, 4) is 136 Å². The largest absolute Gasteiger partial charge is 2.00 e. The fourth-order valence-corrected chi connectivity index (χ4v) is 29.3. The van der Waals surface area contributed by atoms with Crippen LogP contribution in [0.15, 0.2) is 389 Å². The molecule has 4 atom stereocenters. The zero-order valence-electron chi connectivity index (χ0n) is 74.8. The zero-order chi connectivity index (χ0) is 92.5. The summed E-state index contributed by atoms with van der Waals surface area (Å²) in [5.74, 6) is 4.21. The topological polar surface area (TPSA) is 208 Å². The van der Waals surface area contributed by atoms with Crippen LogP contribution in [-0.4, -0.2) is 39.9 Å². The minimum Gasteiger partial charge on any atom is -0.460 e. The van der Waals surface area contributed by atoms with Crippen molar-refractivity contribution in [1.29, 1.82) is 0 Å². The first kappa shape index (κ1) is 98.3. The number of hydrogen-bond acceptors (Lipinski definition) is 16. The zero-order valence-corrected chi connectivity index (χ0v) is 87.5. The molecule has 4 unspecified atom stereocenters. The van der Waals surface area contributed by atoms with Crippen LogP contribution in [0.2, 0.25) is 0 Å². The summed E-state index contributed by atoms with van der Waals surface area (Å²) in [4.78, 5) is 35.1. The molecular weight excluding hydrogens is 2540 g/mol. The number of fused-ring (bicyclic) bond motifs is 12. The van der Waals surface area contributed by atoms with Gasteiger partial charge in [0.15, 0.2) is 28.6 Å². The first-order valence-corrected chi connectivity index (χ1v) is 50.6. The molecule has 12 heterocycles. The van der Waals surface area contributed by atoms with E-state index in [1.54, 1.807) is 73.8 Å². The van der Waals surface area contributed by atoms with Gasteiger partial charge in [-0.1, -0.05) is 177 Å². The van der Waals surface area contributed by atoms with Crippen LogP contribution in [0.4, 0.5) is 0 Å². The number of benzene rings is 12. The molecule has 688 valence electrons. The number of rotatable bonds is 16. The molecule has 0 amide bonds. The van der Waals surface area contributed by atoms with Gasteiger partial charge in [-0.05, 0) is 133 Å². The Balaban J connectivity index is 0.000000128. The molecule has 0 saturated carbocycles. The molecule has 20 aromatic rings. The van der Waals surface area contributed by atoms with Gasteiger partial charge >= 0.3 is 84.3 Å². The van der Waals surface area contributed by atoms with Gasteiger partial charge in [-0.2, -0.15) is 97.1 Å². The standard InChI is InChI=1S/4C29H19N2O2P.4Pt/c1-20-8-7-17-31-29(20)34(32)26-12-3-2-11-24(26)25-15-14-22(19-27(25)34)21-9-6-10-23(18-21)33-28-13-4-5-16-30-28;1-20-12-15-29(31-19-20)34(32)26-10-3-2-9-24(26)25-14-13-22(18-27(25)34)21-7-6-8-23(17-21)33-28-11-4-5-16-30-28;2*1-20-14-16-31-29(17-20)34(32)26-10-3-2-9-24(26)25-13-12-22(19-27(25)34)21-7-6-8-23(18-21)33-28-11-4-5-15-30-28;;;;/h2-17H,1H3;2-16,19H,1H3;2*2-17H,1H3;;;;/q4*-2;4*+2. The maximum Gasteiger partial charge on any atom is 2.00 e. The molecule has 0 aliphatic carbocycles. The van der Waals surface area contributed by atoms with Crippen molar-refractivity contribution in [3.63, 3.8) is 0 Å². The Hall–Kier alpha value is -13.3. The molecular formula is C116H76N8O8P4Pt4. The molecule has 0 N–H and O–H groups in total. The average molecular weight is 2610 g/mol. The van der Waals surface area contributed by atoms with Crippen LogP contribution in [0.25, 0.3) is 89.0 Å². The summed E-state index contributed by atoms with van der Waals surface area (Å²) in [6.07, 6.45) is 13.7. The second kappa shape index (κ2) is 42.4. The van der Waals surface area contributed by atoms with E-state index in [4.69, 9.17) is 18.9 Å². The van der Waals surface area contributed by atoms with Gasteiger partial charge in [0.1, 0.15) is 21.7 Å². The minimum atomic E-state index is -3.18. The van der Waals surface area contributed by atoms with Crippen molar-refractivity contribution in [2.24, 2.45) is 0 Å². The van der Waals surface area contributed by atoms with Gasteiger partial charge in [-0.3, -0.25) is 19.9 Å². The van der Waals surface area contributed by atoms with Crippen LogP contribution >= 0.6 is 28.6 Å². The molecule has 0 fully saturated rings. The van der Waals surface area contributed by atoms with Crippen molar-refractivity contribution < 1.29 is 121 Å². The monoisotopic (exact) mass is 2610 g/mol. The van der Waals surface area contributed by atoms with E-state index in [9.17, 15) is 18.3 Å². The van der Waals surface area contributed by atoms with Crippen molar-refractivity contribution >= 4 is 92.7 Å².